The van der Waals surface area contributed by atoms with Crippen LogP contribution in [0.1, 0.15) is 30.9 Å². The molecule has 0 N–H and O–H groups in total. The molecule has 0 aromatic heterocycles. The van der Waals surface area contributed by atoms with Gasteiger partial charge in [0.2, 0.25) is 0 Å². The van der Waals surface area contributed by atoms with Crippen LogP contribution in [0.2, 0.25) is 0 Å². The van der Waals surface area contributed by atoms with Crippen LogP contribution < -0.4 is 0 Å². The van der Waals surface area contributed by atoms with Crippen molar-refractivity contribution in [3.05, 3.63) is 42.9 Å². The fourth-order valence-electron chi connectivity index (χ4n) is 2.04. The van der Waals surface area contributed by atoms with Gasteiger partial charge in [0, 0.05) is 6.04 Å². The molecule has 1 nitrogen and oxygen atoms in total. The van der Waals surface area contributed by atoms with Gasteiger partial charge in [0.15, 0.2) is 0 Å². The number of nitrogens with zero attached hydrogens (tertiary/aromatic N) is 1. The molecular weight excluding hydrogens is 158 g/mol. The third kappa shape index (κ3) is 1.92. The maximum atomic E-state index is 4.09. The van der Waals surface area contributed by atoms with Gasteiger partial charge in [-0.1, -0.05) is 36.8 Å². The van der Waals surface area contributed by atoms with Crippen LogP contribution in [0.4, 0.5) is 0 Å². The summed E-state index contributed by atoms with van der Waals surface area (Å²) in [6.45, 7) is 1.14. The first kappa shape index (κ1) is 8.76. The second kappa shape index (κ2) is 3.93. The molecule has 1 heteroatoms. The van der Waals surface area contributed by atoms with Crippen LogP contribution in [0.15, 0.2) is 30.3 Å². The van der Waals surface area contributed by atoms with Gasteiger partial charge < -0.3 is 4.90 Å². The lowest BCUT2D eigenvalue weighted by Gasteiger charge is -2.39. The molecule has 0 spiro atoms. The summed E-state index contributed by atoms with van der Waals surface area (Å²) in [5, 5.41) is 0. The SMILES string of the molecule is [CH2-]N1CCCCC1c1ccccc1. The molecule has 1 saturated heterocycles. The summed E-state index contributed by atoms with van der Waals surface area (Å²) in [6, 6.07) is 11.2. The Morgan fingerprint density at radius 1 is 1.15 bits per heavy atom. The molecule has 13 heavy (non-hydrogen) atoms. The van der Waals surface area contributed by atoms with Gasteiger partial charge in [-0.05, 0) is 24.9 Å². The van der Waals surface area contributed by atoms with Crippen molar-refractivity contribution in [3.8, 4) is 0 Å². The quantitative estimate of drug-likeness (QED) is 0.591. The Labute approximate surface area is 80.4 Å². The van der Waals surface area contributed by atoms with E-state index in [0.717, 1.165) is 6.54 Å². The summed E-state index contributed by atoms with van der Waals surface area (Å²) in [6.07, 6.45) is 3.89. The molecule has 1 unspecified atom stereocenters. The molecular formula is C12H16N-. The minimum atomic E-state index is 0.551. The van der Waals surface area contributed by atoms with Crippen molar-refractivity contribution in [3.63, 3.8) is 0 Å². The van der Waals surface area contributed by atoms with Crippen molar-refractivity contribution < 1.29 is 0 Å². The van der Waals surface area contributed by atoms with E-state index in [-0.39, 0.29) is 0 Å². The molecule has 0 amide bonds. The van der Waals surface area contributed by atoms with E-state index < -0.39 is 0 Å². The van der Waals surface area contributed by atoms with Gasteiger partial charge in [-0.2, -0.15) is 0 Å². The lowest BCUT2D eigenvalue weighted by atomic mass is 9.96. The first-order valence-corrected chi connectivity index (χ1v) is 5.00. The van der Waals surface area contributed by atoms with E-state index in [4.69, 9.17) is 0 Å². The molecule has 1 aliphatic heterocycles. The first-order chi connectivity index (χ1) is 6.38. The molecule has 2 rings (SSSR count). The van der Waals surface area contributed by atoms with Crippen molar-refractivity contribution in [2.24, 2.45) is 0 Å². The van der Waals surface area contributed by atoms with Crippen molar-refractivity contribution in [1.29, 1.82) is 0 Å². The number of benzene rings is 1. The minimum Gasteiger partial charge on any atom is -0.453 e. The lowest BCUT2D eigenvalue weighted by Crippen LogP contribution is -2.27. The molecule has 1 atom stereocenters. The van der Waals surface area contributed by atoms with Crippen LogP contribution in [-0.2, 0) is 0 Å². The third-order valence-corrected chi connectivity index (χ3v) is 2.80. The average Bonchev–Trinajstić information content (AvgIpc) is 2.20. The summed E-state index contributed by atoms with van der Waals surface area (Å²) in [4.78, 5) is 2.22. The largest absolute Gasteiger partial charge is 0.453 e. The normalized spacial score (nSPS) is 24.5. The van der Waals surface area contributed by atoms with E-state index in [0.29, 0.717) is 6.04 Å². The second-order valence-corrected chi connectivity index (χ2v) is 3.73. The number of rotatable bonds is 1. The summed E-state index contributed by atoms with van der Waals surface area (Å²) < 4.78 is 0. The van der Waals surface area contributed by atoms with E-state index >= 15 is 0 Å². The van der Waals surface area contributed by atoms with E-state index in [1.54, 1.807) is 0 Å². The molecule has 1 heterocycles. The van der Waals surface area contributed by atoms with Gasteiger partial charge in [-0.25, -0.2) is 0 Å². The topological polar surface area (TPSA) is 3.24 Å². The van der Waals surface area contributed by atoms with Gasteiger partial charge in [0.1, 0.15) is 0 Å². The molecule has 1 fully saturated rings. The molecule has 0 radical (unpaired) electrons. The Kier molecular flexibility index (Phi) is 2.65. The molecule has 0 bridgehead atoms. The average molecular weight is 174 g/mol. The molecule has 0 aliphatic carbocycles. The van der Waals surface area contributed by atoms with Crippen LogP contribution in [0.3, 0.4) is 0 Å². The van der Waals surface area contributed by atoms with Crippen molar-refractivity contribution in [2.75, 3.05) is 6.54 Å². The number of hydrogen-bond donors (Lipinski definition) is 0. The van der Waals surface area contributed by atoms with Crippen molar-refractivity contribution in [1.82, 2.24) is 4.90 Å². The maximum Gasteiger partial charge on any atom is 0.00728 e. The zero-order valence-corrected chi connectivity index (χ0v) is 7.95. The molecule has 70 valence electrons. The van der Waals surface area contributed by atoms with E-state index in [1.807, 2.05) is 0 Å². The Morgan fingerprint density at radius 3 is 2.62 bits per heavy atom. The molecule has 0 saturated carbocycles. The zero-order chi connectivity index (χ0) is 9.10. The Morgan fingerprint density at radius 2 is 1.92 bits per heavy atom. The Balaban J connectivity index is 2.15. The van der Waals surface area contributed by atoms with Crippen molar-refractivity contribution in [2.45, 2.75) is 25.3 Å². The molecule has 1 aromatic carbocycles. The van der Waals surface area contributed by atoms with Crippen LogP contribution in [0, 0.1) is 7.05 Å². The number of hydrogen-bond acceptors (Lipinski definition) is 1. The fourth-order valence-corrected chi connectivity index (χ4v) is 2.04. The molecule has 1 aromatic rings. The van der Waals surface area contributed by atoms with Crippen LogP contribution >= 0.6 is 0 Å². The number of likely N-dealkylation sites (tertiary alicyclic amines) is 1. The van der Waals surface area contributed by atoms with E-state index in [1.165, 1.54) is 24.8 Å². The zero-order valence-electron chi connectivity index (χ0n) is 7.95. The van der Waals surface area contributed by atoms with Gasteiger partial charge in [-0.3, -0.25) is 7.05 Å². The van der Waals surface area contributed by atoms with E-state index in [9.17, 15) is 0 Å². The van der Waals surface area contributed by atoms with Crippen LogP contribution in [0.25, 0.3) is 0 Å². The Hall–Kier alpha value is -0.820. The van der Waals surface area contributed by atoms with E-state index in [2.05, 4.69) is 42.3 Å². The summed E-state index contributed by atoms with van der Waals surface area (Å²) in [7, 11) is 4.09. The van der Waals surface area contributed by atoms with Crippen LogP contribution in [0.5, 0.6) is 0 Å². The van der Waals surface area contributed by atoms with Gasteiger partial charge in [-0.15, -0.1) is 0 Å². The maximum absolute atomic E-state index is 4.09. The van der Waals surface area contributed by atoms with Gasteiger partial charge >= 0.3 is 0 Å². The predicted molar refractivity (Wildman–Crippen MR) is 55.1 cm³/mol. The summed E-state index contributed by atoms with van der Waals surface area (Å²) in [5.41, 5.74) is 1.41. The van der Waals surface area contributed by atoms with Gasteiger partial charge in [0.25, 0.3) is 0 Å². The highest BCUT2D eigenvalue weighted by Gasteiger charge is 2.15. The summed E-state index contributed by atoms with van der Waals surface area (Å²) >= 11 is 0. The predicted octanol–water partition coefficient (Wildman–Crippen LogP) is 3.01. The monoisotopic (exact) mass is 174 g/mol. The number of piperidine rings is 1. The highest BCUT2D eigenvalue weighted by atomic mass is 15.1. The second-order valence-electron chi connectivity index (χ2n) is 3.73. The fraction of sp³-hybridized carbons (Fsp3) is 0.417. The molecule has 1 aliphatic rings. The van der Waals surface area contributed by atoms with Crippen molar-refractivity contribution >= 4 is 0 Å². The first-order valence-electron chi connectivity index (χ1n) is 5.00. The summed E-state index contributed by atoms with van der Waals surface area (Å²) in [5.74, 6) is 0. The Bertz CT molecular complexity index is 255. The van der Waals surface area contributed by atoms with Crippen LogP contribution in [-0.4, -0.2) is 11.4 Å². The smallest absolute Gasteiger partial charge is 0.00728 e. The third-order valence-electron chi connectivity index (χ3n) is 2.80. The standard InChI is InChI=1S/C12H16N/c1-13-10-6-5-9-12(13)11-7-3-2-4-8-11/h2-4,7-8,12H,1,5-6,9-10H2/q-1. The minimum absolute atomic E-state index is 0.551. The van der Waals surface area contributed by atoms with Gasteiger partial charge in [0.05, 0.1) is 0 Å². The highest BCUT2D eigenvalue weighted by molar-refractivity contribution is 5.19. The highest BCUT2D eigenvalue weighted by Crippen LogP contribution is 2.29. The lowest BCUT2D eigenvalue weighted by molar-refractivity contribution is 0.212.